The largest absolute Gasteiger partial charge is 0.368 e. The van der Waals surface area contributed by atoms with Crippen LogP contribution in [0, 0.1) is 18.3 Å². The molecule has 0 aliphatic rings. The SMILES string of the molecule is Cc1c(C#N)cccc1-c1cc(-c2ccn(Cc3ccc4ccccc4c3)c(=O)c2)nc(N)n1. The van der Waals surface area contributed by atoms with Crippen molar-refractivity contribution in [3.05, 3.63) is 112 Å². The number of aromatic nitrogens is 3. The second kappa shape index (κ2) is 8.64. The van der Waals surface area contributed by atoms with E-state index >= 15 is 0 Å². The van der Waals surface area contributed by atoms with Gasteiger partial charge in [-0.2, -0.15) is 5.26 Å². The molecule has 0 aliphatic carbocycles. The summed E-state index contributed by atoms with van der Waals surface area (Å²) in [5, 5.41) is 11.7. The topological polar surface area (TPSA) is 97.6 Å². The Morgan fingerprint density at radius 3 is 2.50 bits per heavy atom. The van der Waals surface area contributed by atoms with E-state index in [0.29, 0.717) is 29.1 Å². The lowest BCUT2D eigenvalue weighted by atomic mass is 9.99. The second-order valence-electron chi connectivity index (χ2n) is 8.15. The number of hydrogen-bond donors (Lipinski definition) is 1. The van der Waals surface area contributed by atoms with Crippen molar-refractivity contribution < 1.29 is 0 Å². The molecule has 0 radical (unpaired) electrons. The number of anilines is 1. The zero-order valence-corrected chi connectivity index (χ0v) is 18.6. The molecule has 3 aromatic carbocycles. The quantitative estimate of drug-likeness (QED) is 0.424. The Morgan fingerprint density at radius 1 is 0.912 bits per heavy atom. The number of nitrogens with zero attached hydrogens (tertiary/aromatic N) is 4. The van der Waals surface area contributed by atoms with Crippen LogP contribution in [0.3, 0.4) is 0 Å². The van der Waals surface area contributed by atoms with Crippen LogP contribution in [0.4, 0.5) is 5.95 Å². The van der Waals surface area contributed by atoms with Crippen molar-refractivity contribution in [3.8, 4) is 28.6 Å². The summed E-state index contributed by atoms with van der Waals surface area (Å²) in [6, 6.07) is 27.2. The summed E-state index contributed by atoms with van der Waals surface area (Å²) in [5.41, 5.74) is 10.9. The van der Waals surface area contributed by atoms with Crippen molar-refractivity contribution in [2.75, 3.05) is 5.73 Å². The van der Waals surface area contributed by atoms with E-state index in [9.17, 15) is 10.1 Å². The standard InChI is InChI=1S/C28H21N5O/c1-18-23(16-29)7-4-8-24(18)26-15-25(31-28(30)32-26)22-11-12-33(27(34)14-22)17-19-9-10-20-5-2-3-6-21(20)13-19/h2-15H,17H2,1H3,(H2,30,31,32). The molecule has 0 atom stereocenters. The summed E-state index contributed by atoms with van der Waals surface area (Å²) < 4.78 is 1.67. The zero-order chi connectivity index (χ0) is 23.7. The Hall–Kier alpha value is -4.76. The third-order valence-electron chi connectivity index (χ3n) is 5.93. The van der Waals surface area contributed by atoms with E-state index in [0.717, 1.165) is 22.1 Å². The Kier molecular flexibility index (Phi) is 5.36. The molecule has 2 aromatic heterocycles. The van der Waals surface area contributed by atoms with E-state index in [4.69, 9.17) is 5.73 Å². The van der Waals surface area contributed by atoms with Crippen LogP contribution in [-0.4, -0.2) is 14.5 Å². The molecule has 0 spiro atoms. The lowest BCUT2D eigenvalue weighted by Crippen LogP contribution is -2.19. The fraction of sp³-hybridized carbons (Fsp3) is 0.0714. The van der Waals surface area contributed by atoms with Gasteiger partial charge in [-0.1, -0.05) is 48.5 Å². The highest BCUT2D eigenvalue weighted by molar-refractivity contribution is 5.83. The Morgan fingerprint density at radius 2 is 1.71 bits per heavy atom. The van der Waals surface area contributed by atoms with Gasteiger partial charge in [-0.15, -0.1) is 0 Å². The number of rotatable bonds is 4. The number of nitrogens with two attached hydrogens (primary N) is 1. The molecule has 0 unspecified atom stereocenters. The van der Waals surface area contributed by atoms with Crippen molar-refractivity contribution in [3.63, 3.8) is 0 Å². The fourth-order valence-corrected chi connectivity index (χ4v) is 4.12. The van der Waals surface area contributed by atoms with Crippen LogP contribution in [-0.2, 0) is 6.54 Å². The number of benzene rings is 3. The molecule has 34 heavy (non-hydrogen) atoms. The van der Waals surface area contributed by atoms with Gasteiger partial charge in [-0.05, 0) is 53.1 Å². The van der Waals surface area contributed by atoms with Crippen LogP contribution < -0.4 is 11.3 Å². The van der Waals surface area contributed by atoms with E-state index in [-0.39, 0.29) is 11.5 Å². The number of nitriles is 1. The van der Waals surface area contributed by atoms with Crippen LogP contribution in [0.5, 0.6) is 0 Å². The minimum absolute atomic E-state index is 0.106. The predicted molar refractivity (Wildman–Crippen MR) is 134 cm³/mol. The molecule has 0 bridgehead atoms. The van der Waals surface area contributed by atoms with Crippen LogP contribution >= 0.6 is 0 Å². The van der Waals surface area contributed by atoms with Crippen molar-refractivity contribution in [2.24, 2.45) is 0 Å². The molecule has 0 amide bonds. The van der Waals surface area contributed by atoms with Crippen molar-refractivity contribution in [1.29, 1.82) is 5.26 Å². The number of pyridine rings is 1. The van der Waals surface area contributed by atoms with Crippen molar-refractivity contribution in [1.82, 2.24) is 14.5 Å². The van der Waals surface area contributed by atoms with Gasteiger partial charge in [0.05, 0.1) is 29.6 Å². The summed E-state index contributed by atoms with van der Waals surface area (Å²) in [6.07, 6.45) is 1.77. The smallest absolute Gasteiger partial charge is 0.251 e. The molecule has 2 N–H and O–H groups in total. The minimum atomic E-state index is -0.132. The fourth-order valence-electron chi connectivity index (χ4n) is 4.12. The Balaban J connectivity index is 1.49. The maximum atomic E-state index is 12.9. The van der Waals surface area contributed by atoms with Gasteiger partial charge >= 0.3 is 0 Å². The summed E-state index contributed by atoms with van der Waals surface area (Å²) in [4.78, 5) is 21.6. The molecule has 0 aliphatic heterocycles. The molecule has 164 valence electrons. The summed E-state index contributed by atoms with van der Waals surface area (Å²) in [5.74, 6) is 0.106. The molecule has 5 aromatic rings. The van der Waals surface area contributed by atoms with Crippen LogP contribution in [0.1, 0.15) is 16.7 Å². The summed E-state index contributed by atoms with van der Waals surface area (Å²) in [7, 11) is 0. The van der Waals surface area contributed by atoms with Crippen LogP contribution in [0.25, 0.3) is 33.3 Å². The van der Waals surface area contributed by atoms with E-state index in [1.165, 1.54) is 5.39 Å². The highest BCUT2D eigenvalue weighted by Gasteiger charge is 2.12. The molecule has 0 saturated heterocycles. The molecule has 6 heteroatoms. The monoisotopic (exact) mass is 443 g/mol. The van der Waals surface area contributed by atoms with Gasteiger partial charge in [-0.25, -0.2) is 9.97 Å². The average Bonchev–Trinajstić information content (AvgIpc) is 2.85. The highest BCUT2D eigenvalue weighted by atomic mass is 16.1. The minimum Gasteiger partial charge on any atom is -0.368 e. The maximum Gasteiger partial charge on any atom is 0.251 e. The summed E-state index contributed by atoms with van der Waals surface area (Å²) in [6.45, 7) is 2.35. The third kappa shape index (κ3) is 4.03. The van der Waals surface area contributed by atoms with Crippen LogP contribution in [0.15, 0.2) is 89.9 Å². The molecular formula is C28H21N5O. The van der Waals surface area contributed by atoms with Crippen LogP contribution in [0.2, 0.25) is 0 Å². The second-order valence-corrected chi connectivity index (χ2v) is 8.15. The van der Waals surface area contributed by atoms with Gasteiger partial charge in [0, 0.05) is 23.4 Å². The van der Waals surface area contributed by atoms with Gasteiger partial charge in [0.2, 0.25) is 5.95 Å². The normalized spacial score (nSPS) is 10.8. The lowest BCUT2D eigenvalue weighted by molar-refractivity contribution is 0.761. The van der Waals surface area contributed by atoms with Gasteiger partial charge in [-0.3, -0.25) is 4.79 Å². The zero-order valence-electron chi connectivity index (χ0n) is 18.6. The first-order valence-electron chi connectivity index (χ1n) is 10.8. The average molecular weight is 444 g/mol. The number of fused-ring (bicyclic) bond motifs is 1. The maximum absolute atomic E-state index is 12.9. The first-order valence-corrected chi connectivity index (χ1v) is 10.8. The Labute approximate surface area is 196 Å². The number of nitrogen functional groups attached to an aromatic ring is 1. The molecular weight excluding hydrogens is 422 g/mol. The molecule has 0 saturated carbocycles. The van der Waals surface area contributed by atoms with E-state index in [2.05, 4.69) is 40.3 Å². The Bertz CT molecular complexity index is 1650. The van der Waals surface area contributed by atoms with Gasteiger partial charge in [0.25, 0.3) is 5.56 Å². The first-order chi connectivity index (χ1) is 16.5. The highest BCUT2D eigenvalue weighted by Crippen LogP contribution is 2.28. The first kappa shape index (κ1) is 21.1. The van der Waals surface area contributed by atoms with Gasteiger partial charge in [0.1, 0.15) is 0 Å². The van der Waals surface area contributed by atoms with Gasteiger partial charge in [0.15, 0.2) is 0 Å². The molecule has 2 heterocycles. The van der Waals surface area contributed by atoms with Gasteiger partial charge < -0.3 is 10.3 Å². The van der Waals surface area contributed by atoms with Crippen molar-refractivity contribution >= 4 is 16.7 Å². The third-order valence-corrected chi connectivity index (χ3v) is 5.93. The molecule has 6 nitrogen and oxygen atoms in total. The van der Waals surface area contributed by atoms with E-state index < -0.39 is 0 Å². The lowest BCUT2D eigenvalue weighted by Gasteiger charge is -2.11. The van der Waals surface area contributed by atoms with E-state index in [1.807, 2.05) is 43.3 Å². The summed E-state index contributed by atoms with van der Waals surface area (Å²) >= 11 is 0. The number of hydrogen-bond acceptors (Lipinski definition) is 5. The predicted octanol–water partition coefficient (Wildman–Crippen LogP) is 4.94. The molecule has 0 fully saturated rings. The van der Waals surface area contributed by atoms with E-state index in [1.54, 1.807) is 29.0 Å². The van der Waals surface area contributed by atoms with Crippen molar-refractivity contribution in [2.45, 2.75) is 13.5 Å². The molecule has 5 rings (SSSR count).